The van der Waals surface area contributed by atoms with Gasteiger partial charge in [-0.05, 0) is 122 Å². The molecular formula is C38H34N8O14S4. The van der Waals surface area contributed by atoms with Gasteiger partial charge in [0.05, 0.1) is 51.4 Å². The topological polar surface area (TPSA) is 342 Å². The van der Waals surface area contributed by atoms with E-state index in [-0.39, 0.29) is 39.7 Å². The van der Waals surface area contributed by atoms with Gasteiger partial charge in [0.2, 0.25) is 0 Å². The molecule has 1 aliphatic rings. The Morgan fingerprint density at radius 3 is 1.81 bits per heavy atom. The average Bonchev–Trinajstić information content (AvgIpc) is 3.20. The second-order valence-corrected chi connectivity index (χ2v) is 19.3. The van der Waals surface area contributed by atoms with Crippen LogP contribution in [0.2, 0.25) is 0 Å². The van der Waals surface area contributed by atoms with Crippen molar-refractivity contribution in [1.82, 2.24) is 0 Å². The first-order chi connectivity index (χ1) is 29.9. The van der Waals surface area contributed by atoms with Gasteiger partial charge in [-0.3, -0.25) is 18.2 Å². The maximum absolute atomic E-state index is 13.0. The van der Waals surface area contributed by atoms with Crippen LogP contribution in [0.3, 0.4) is 0 Å². The lowest BCUT2D eigenvalue weighted by atomic mass is 10.0. The van der Waals surface area contributed by atoms with Crippen molar-refractivity contribution in [3.63, 3.8) is 0 Å². The van der Waals surface area contributed by atoms with Crippen molar-refractivity contribution in [3.8, 4) is 5.75 Å². The molecule has 64 heavy (non-hydrogen) atoms. The molecule has 0 aromatic heterocycles. The van der Waals surface area contributed by atoms with Gasteiger partial charge in [-0.15, -0.1) is 5.11 Å². The van der Waals surface area contributed by atoms with E-state index in [1.807, 2.05) is 0 Å². The van der Waals surface area contributed by atoms with Crippen LogP contribution in [0.5, 0.6) is 5.75 Å². The molecule has 1 unspecified atom stereocenters. The van der Waals surface area contributed by atoms with Crippen molar-refractivity contribution in [1.29, 1.82) is 0 Å². The molecule has 0 radical (unpaired) electrons. The van der Waals surface area contributed by atoms with E-state index in [4.69, 9.17) is 4.74 Å². The van der Waals surface area contributed by atoms with Crippen LogP contribution in [-0.4, -0.2) is 71.1 Å². The fourth-order valence-corrected chi connectivity index (χ4v) is 8.60. The molecule has 5 aromatic rings. The van der Waals surface area contributed by atoms with Gasteiger partial charge in [-0.1, -0.05) is 6.08 Å². The number of rotatable bonds is 13. The Labute approximate surface area is 364 Å². The van der Waals surface area contributed by atoms with Gasteiger partial charge >= 0.3 is 6.03 Å². The molecule has 1 atom stereocenters. The summed E-state index contributed by atoms with van der Waals surface area (Å²) in [6.45, 7) is 3.42. The van der Waals surface area contributed by atoms with Gasteiger partial charge in [-0.2, -0.15) is 59.2 Å². The molecule has 0 spiro atoms. The smallest absolute Gasteiger partial charge is 0.323 e. The summed E-state index contributed by atoms with van der Waals surface area (Å²) in [5, 5.41) is 30.3. The lowest BCUT2D eigenvalue weighted by molar-refractivity contribution is 0.262. The van der Waals surface area contributed by atoms with Gasteiger partial charge in [-0.25, -0.2) is 4.79 Å². The van der Waals surface area contributed by atoms with Crippen molar-refractivity contribution < 1.29 is 61.4 Å². The van der Waals surface area contributed by atoms with Crippen molar-refractivity contribution in [2.75, 3.05) is 17.7 Å². The first kappa shape index (κ1) is 46.8. The number of nitrogens with one attached hydrogen (secondary N) is 2. The van der Waals surface area contributed by atoms with E-state index in [0.717, 1.165) is 18.2 Å². The molecule has 2 amide bonds. The zero-order valence-corrected chi connectivity index (χ0v) is 36.5. The first-order valence-corrected chi connectivity index (χ1v) is 23.8. The number of amides is 2. The number of carbonyl (C=O) groups is 1. The SMILES string of the molecule is COc1cc(N=NC2C=c3c(S(=O)(=O)O)cc(S(=O)(=O)O)cc3=CC2)ccc1NC(=O)Nc1ccc(N=Nc2ccc(N=Nc3ccc(S(=O)(=O)O)cc3S(=O)(=O)O)c(C)c2)c(C)c1. The van der Waals surface area contributed by atoms with Gasteiger partial charge < -0.3 is 15.4 Å². The van der Waals surface area contributed by atoms with E-state index in [1.165, 1.54) is 43.5 Å². The van der Waals surface area contributed by atoms with Crippen molar-refractivity contribution >= 4 is 98.5 Å². The molecule has 0 aliphatic heterocycles. The van der Waals surface area contributed by atoms with Crippen molar-refractivity contribution in [2.24, 2.45) is 30.7 Å². The molecular weight excluding hydrogens is 921 g/mol. The number of urea groups is 1. The van der Waals surface area contributed by atoms with E-state index >= 15 is 0 Å². The number of hydrogen-bond acceptors (Lipinski definition) is 16. The summed E-state index contributed by atoms with van der Waals surface area (Å²) in [5.74, 6) is 0.222. The molecule has 334 valence electrons. The number of benzene rings is 5. The lowest BCUT2D eigenvalue weighted by Crippen LogP contribution is -2.35. The van der Waals surface area contributed by atoms with Crippen LogP contribution in [0.25, 0.3) is 12.2 Å². The minimum Gasteiger partial charge on any atom is -0.494 e. The standard InChI is InChI=1S/C38H34N8O14S4/c1-21-14-24(6-10-31(21)44-43-25-7-11-32(22(2)15-25)45-46-34-13-9-28(61(48,49)50)19-37(34)64(57,58)59)39-38(47)40-33-12-8-27(18-35(33)60-3)42-41-26-5-4-23-16-29(62(51,52)53)20-36(30(23)17-26)63(54,55)56/h4,6-20,26H,5H2,1-3H3,(H2,39,40,47)(H,48,49,50)(H,51,52,53)(H,54,55,56)(H,57,58,59). The third-order valence-corrected chi connectivity index (χ3v) is 12.6. The summed E-state index contributed by atoms with van der Waals surface area (Å²) in [6, 6.07) is 16.9. The zero-order chi connectivity index (χ0) is 46.8. The fourth-order valence-electron chi connectivity index (χ4n) is 6.01. The van der Waals surface area contributed by atoms with E-state index in [1.54, 1.807) is 44.2 Å². The Kier molecular flexibility index (Phi) is 13.3. The average molecular weight is 955 g/mol. The molecule has 0 bridgehead atoms. The predicted molar refractivity (Wildman–Crippen MR) is 230 cm³/mol. The van der Waals surface area contributed by atoms with Crippen molar-refractivity contribution in [2.45, 2.75) is 45.9 Å². The molecule has 0 heterocycles. The number of methoxy groups -OCH3 is 1. The fraction of sp³-hybridized carbons (Fsp3) is 0.132. The van der Waals surface area contributed by atoms with E-state index in [9.17, 15) is 56.7 Å². The number of hydrogen-bond donors (Lipinski definition) is 6. The quantitative estimate of drug-likeness (QED) is 0.0517. The molecule has 22 nitrogen and oxygen atoms in total. The Hall–Kier alpha value is -6.65. The second-order valence-electron chi connectivity index (χ2n) is 13.7. The molecule has 26 heteroatoms. The number of azo groups is 3. The minimum atomic E-state index is -4.94. The number of ether oxygens (including phenoxy) is 1. The molecule has 0 saturated heterocycles. The third kappa shape index (κ3) is 11.5. The van der Waals surface area contributed by atoms with Gasteiger partial charge in [0.15, 0.2) is 0 Å². The molecule has 1 aliphatic carbocycles. The Morgan fingerprint density at radius 1 is 0.609 bits per heavy atom. The van der Waals surface area contributed by atoms with E-state index in [0.29, 0.717) is 46.0 Å². The summed E-state index contributed by atoms with van der Waals surface area (Å²) in [7, 11) is -18.0. The monoisotopic (exact) mass is 954 g/mol. The molecule has 6 rings (SSSR count). The van der Waals surface area contributed by atoms with Crippen LogP contribution in [-0.2, 0) is 40.5 Å². The van der Waals surface area contributed by atoms with Crippen LogP contribution >= 0.6 is 0 Å². The molecule has 5 aromatic carbocycles. The maximum Gasteiger partial charge on any atom is 0.323 e. The normalized spacial score (nSPS) is 14.6. The van der Waals surface area contributed by atoms with Crippen LogP contribution in [0, 0.1) is 13.8 Å². The summed E-state index contributed by atoms with van der Waals surface area (Å²) in [5.41, 5.74) is 3.00. The number of nitrogens with zero attached hydrogens (tertiary/aromatic N) is 6. The summed E-state index contributed by atoms with van der Waals surface area (Å²) in [6.07, 6.45) is 3.06. The summed E-state index contributed by atoms with van der Waals surface area (Å²) >= 11 is 0. The number of carbonyl (C=O) groups excluding carboxylic acids is 1. The summed E-state index contributed by atoms with van der Waals surface area (Å²) < 4.78 is 137. The van der Waals surface area contributed by atoms with Crippen LogP contribution in [0.1, 0.15) is 17.5 Å². The summed E-state index contributed by atoms with van der Waals surface area (Å²) in [4.78, 5) is 9.92. The lowest BCUT2D eigenvalue weighted by Gasteiger charge is -2.13. The highest BCUT2D eigenvalue weighted by Crippen LogP contribution is 2.33. The maximum atomic E-state index is 13.0. The minimum absolute atomic E-state index is 0.0119. The Bertz CT molecular complexity index is 3420. The highest BCUT2D eigenvalue weighted by Gasteiger charge is 2.23. The third-order valence-electron chi connectivity index (χ3n) is 9.10. The highest BCUT2D eigenvalue weighted by molar-refractivity contribution is 7.87. The number of fused-ring (bicyclic) bond motifs is 1. The predicted octanol–water partition coefficient (Wildman–Crippen LogP) is 6.89. The van der Waals surface area contributed by atoms with E-state index in [2.05, 4.69) is 41.3 Å². The molecule has 0 fully saturated rings. The van der Waals surface area contributed by atoms with Gasteiger partial charge in [0.25, 0.3) is 40.5 Å². The van der Waals surface area contributed by atoms with Crippen LogP contribution < -0.4 is 25.8 Å². The Morgan fingerprint density at radius 2 is 1.19 bits per heavy atom. The van der Waals surface area contributed by atoms with Crippen LogP contribution in [0.15, 0.2) is 135 Å². The highest BCUT2D eigenvalue weighted by atomic mass is 32.2. The van der Waals surface area contributed by atoms with Crippen LogP contribution in [0.4, 0.5) is 44.6 Å². The largest absolute Gasteiger partial charge is 0.494 e. The molecule has 6 N–H and O–H groups in total. The number of anilines is 2. The van der Waals surface area contributed by atoms with E-state index < -0.39 is 72.1 Å². The van der Waals surface area contributed by atoms with Crippen molar-refractivity contribution in [3.05, 3.63) is 106 Å². The van der Waals surface area contributed by atoms with Gasteiger partial charge in [0, 0.05) is 17.0 Å². The Balaban J connectivity index is 1.09. The first-order valence-electron chi connectivity index (χ1n) is 18.0. The van der Waals surface area contributed by atoms with Gasteiger partial charge in [0.1, 0.15) is 21.2 Å². The zero-order valence-electron chi connectivity index (χ0n) is 33.2. The second kappa shape index (κ2) is 18.2. The molecule has 0 saturated carbocycles. The number of aryl methyl sites for hydroxylation is 2.